The van der Waals surface area contributed by atoms with Crippen LogP contribution in [0.5, 0.6) is 0 Å². The molecule has 17 heavy (non-hydrogen) atoms. The van der Waals surface area contributed by atoms with Crippen LogP contribution in [0.1, 0.15) is 27.7 Å². The molecule has 1 N–H and O–H groups in total. The predicted molar refractivity (Wildman–Crippen MR) is 61.1 cm³/mol. The SMILES string of the molecule is Cn1cc([B-]2(O)OC(C)(C)C(C)(C)O2)cn1.[Li+]. The standard InChI is InChI=1S/C10H18BN2O3.Li/c1-9(2)10(3,4)16-11(14,15-9)8-6-12-13(5)7-8;/h6-7,14H,1-5H3;/q-1;+1. The van der Waals surface area contributed by atoms with Crippen LogP contribution in [-0.2, 0) is 16.4 Å². The molecule has 0 spiro atoms. The van der Waals surface area contributed by atoms with Crippen molar-refractivity contribution in [2.75, 3.05) is 0 Å². The van der Waals surface area contributed by atoms with Gasteiger partial charge in [-0.05, 0) is 33.9 Å². The molecule has 7 heteroatoms. The van der Waals surface area contributed by atoms with E-state index in [0.29, 0.717) is 5.46 Å². The van der Waals surface area contributed by atoms with Crippen molar-refractivity contribution in [3.8, 4) is 0 Å². The molecule has 0 aromatic carbocycles. The molecule has 1 fully saturated rings. The van der Waals surface area contributed by atoms with Crippen LogP contribution >= 0.6 is 0 Å². The van der Waals surface area contributed by atoms with Crippen molar-refractivity contribution in [1.82, 2.24) is 9.78 Å². The number of aryl methyl sites for hydroxylation is 1. The average molecular weight is 232 g/mol. The van der Waals surface area contributed by atoms with Crippen LogP contribution in [0, 0.1) is 0 Å². The van der Waals surface area contributed by atoms with Crippen LogP contribution in [0.15, 0.2) is 12.4 Å². The Morgan fingerprint density at radius 1 is 1.24 bits per heavy atom. The molecule has 1 aliphatic rings. The smallest absolute Gasteiger partial charge is 0.555 e. The Morgan fingerprint density at radius 3 is 2.06 bits per heavy atom. The first-order chi connectivity index (χ1) is 7.16. The van der Waals surface area contributed by atoms with Gasteiger partial charge in [0.05, 0.1) is 0 Å². The van der Waals surface area contributed by atoms with E-state index in [4.69, 9.17) is 9.31 Å². The van der Waals surface area contributed by atoms with Crippen molar-refractivity contribution in [2.45, 2.75) is 38.9 Å². The second-order valence-corrected chi connectivity index (χ2v) is 5.38. The molecule has 0 atom stereocenters. The first-order valence-corrected chi connectivity index (χ1v) is 5.42. The van der Waals surface area contributed by atoms with Crippen LogP contribution in [-0.4, -0.2) is 32.8 Å². The van der Waals surface area contributed by atoms with Crippen molar-refractivity contribution in [3.05, 3.63) is 12.4 Å². The first-order valence-electron chi connectivity index (χ1n) is 5.42. The molecule has 2 heterocycles. The topological polar surface area (TPSA) is 56.5 Å². The van der Waals surface area contributed by atoms with Crippen LogP contribution < -0.4 is 24.3 Å². The van der Waals surface area contributed by atoms with E-state index in [-0.39, 0.29) is 18.9 Å². The molecular weight excluding hydrogens is 214 g/mol. The maximum Gasteiger partial charge on any atom is 1.00 e. The molecule has 1 saturated heterocycles. The Hall–Kier alpha value is -0.248. The molecule has 2 rings (SSSR count). The fourth-order valence-corrected chi connectivity index (χ4v) is 1.87. The van der Waals surface area contributed by atoms with Crippen molar-refractivity contribution >= 4 is 12.2 Å². The van der Waals surface area contributed by atoms with E-state index in [0.717, 1.165) is 0 Å². The van der Waals surface area contributed by atoms with Crippen molar-refractivity contribution < 1.29 is 33.2 Å². The van der Waals surface area contributed by atoms with E-state index in [2.05, 4.69) is 5.10 Å². The van der Waals surface area contributed by atoms with Gasteiger partial charge in [-0.15, -0.1) is 0 Å². The summed E-state index contributed by atoms with van der Waals surface area (Å²) in [5.74, 6) is 0. The molecule has 0 radical (unpaired) electrons. The third-order valence-electron chi connectivity index (χ3n) is 3.50. The summed E-state index contributed by atoms with van der Waals surface area (Å²) in [6.45, 7) is 5.20. The summed E-state index contributed by atoms with van der Waals surface area (Å²) >= 11 is 0. The van der Waals surface area contributed by atoms with Crippen molar-refractivity contribution in [2.24, 2.45) is 7.05 Å². The van der Waals surface area contributed by atoms with E-state index in [9.17, 15) is 5.02 Å². The molecule has 0 bridgehead atoms. The maximum atomic E-state index is 10.4. The molecule has 1 aromatic heterocycles. The number of rotatable bonds is 1. The Balaban J connectivity index is 0.00000144. The van der Waals surface area contributed by atoms with Crippen LogP contribution in [0.25, 0.3) is 0 Å². The van der Waals surface area contributed by atoms with Gasteiger partial charge in [0.25, 0.3) is 0 Å². The molecular formula is C10H18BLiN2O3. The molecule has 5 nitrogen and oxygen atoms in total. The normalized spacial score (nSPS) is 24.4. The second-order valence-electron chi connectivity index (χ2n) is 5.38. The molecule has 0 saturated carbocycles. The molecule has 90 valence electrons. The zero-order valence-corrected chi connectivity index (χ0v) is 11.4. The average Bonchev–Trinajstić information content (AvgIpc) is 2.54. The van der Waals surface area contributed by atoms with Gasteiger partial charge in [-0.1, -0.05) is 5.46 Å². The third-order valence-corrected chi connectivity index (χ3v) is 3.50. The monoisotopic (exact) mass is 232 g/mol. The minimum Gasteiger partial charge on any atom is -0.555 e. The Kier molecular flexibility index (Phi) is 3.61. The first kappa shape index (κ1) is 14.8. The van der Waals surface area contributed by atoms with Crippen molar-refractivity contribution in [3.63, 3.8) is 0 Å². The second kappa shape index (κ2) is 4.15. The Labute approximate surface area is 114 Å². The molecule has 1 aromatic rings. The zero-order chi connectivity index (χ0) is 12.2. The fraction of sp³-hybridized carbons (Fsp3) is 0.700. The van der Waals surface area contributed by atoms with Gasteiger partial charge in [0.15, 0.2) is 0 Å². The zero-order valence-electron chi connectivity index (χ0n) is 11.4. The summed E-state index contributed by atoms with van der Waals surface area (Å²) < 4.78 is 13.0. The minimum absolute atomic E-state index is 0. The van der Waals surface area contributed by atoms with Crippen LogP contribution in [0.4, 0.5) is 0 Å². The van der Waals surface area contributed by atoms with E-state index in [1.165, 1.54) is 0 Å². The van der Waals surface area contributed by atoms with Crippen LogP contribution in [0.2, 0.25) is 0 Å². The quantitative estimate of drug-likeness (QED) is 0.530. The summed E-state index contributed by atoms with van der Waals surface area (Å²) in [6.07, 6.45) is 3.27. The van der Waals surface area contributed by atoms with Gasteiger partial charge >= 0.3 is 25.6 Å². The summed E-state index contributed by atoms with van der Waals surface area (Å²) in [5, 5.41) is 14.4. The predicted octanol–water partition coefficient (Wildman–Crippen LogP) is -2.83. The van der Waals surface area contributed by atoms with Crippen LogP contribution in [0.3, 0.4) is 0 Å². The maximum absolute atomic E-state index is 10.4. The summed E-state index contributed by atoms with van der Waals surface area (Å²) in [5.41, 5.74) is -0.518. The molecule has 0 unspecified atom stereocenters. The summed E-state index contributed by atoms with van der Waals surface area (Å²) in [4.78, 5) is 0. The van der Waals surface area contributed by atoms with E-state index < -0.39 is 18.0 Å². The number of hydrogen-bond donors (Lipinski definition) is 1. The van der Waals surface area contributed by atoms with Gasteiger partial charge in [-0.25, -0.2) is 0 Å². The van der Waals surface area contributed by atoms with Gasteiger partial charge < -0.3 is 14.3 Å². The minimum atomic E-state index is -2.42. The van der Waals surface area contributed by atoms with E-state index in [1.807, 2.05) is 27.7 Å². The largest absolute Gasteiger partial charge is 1.00 e. The number of nitrogens with zero attached hydrogens (tertiary/aromatic N) is 2. The van der Waals surface area contributed by atoms with Gasteiger partial charge in [0.2, 0.25) is 0 Å². The Bertz CT molecular complexity index is 403. The van der Waals surface area contributed by atoms with E-state index in [1.54, 1.807) is 24.1 Å². The van der Waals surface area contributed by atoms with Gasteiger partial charge in [0, 0.05) is 24.4 Å². The van der Waals surface area contributed by atoms with Gasteiger partial charge in [-0.3, -0.25) is 4.68 Å². The Morgan fingerprint density at radius 2 is 1.71 bits per heavy atom. The van der Waals surface area contributed by atoms with Gasteiger partial charge in [-0.2, -0.15) is 5.10 Å². The van der Waals surface area contributed by atoms with Crippen molar-refractivity contribution in [1.29, 1.82) is 0 Å². The molecule has 0 amide bonds. The fourth-order valence-electron chi connectivity index (χ4n) is 1.87. The summed E-state index contributed by atoms with van der Waals surface area (Å²) in [7, 11) is 1.79. The molecule has 1 aliphatic heterocycles. The molecule has 0 aliphatic carbocycles. The van der Waals surface area contributed by atoms with Gasteiger partial charge in [0.1, 0.15) is 0 Å². The number of hydrogen-bond acceptors (Lipinski definition) is 4. The summed E-state index contributed by atoms with van der Waals surface area (Å²) in [6, 6.07) is 0. The number of aromatic nitrogens is 2. The van der Waals surface area contributed by atoms with E-state index >= 15 is 0 Å². The third kappa shape index (κ3) is 2.33.